The number of carbonyl (C=O) groups excluding carboxylic acids is 1. The standard InChI is InChI=1S/C20H22F3NO4/c1-26-12-13-28-18-10-9-15(20(21,22)23)14-17(18)24-19(25)8-5-11-27-16-6-3-2-4-7-16/h2-4,6-7,9-10,14H,5,8,11-13H2,1H3,(H,24,25). The number of nitrogens with one attached hydrogen (secondary N) is 1. The number of ether oxygens (including phenoxy) is 3. The highest BCUT2D eigenvalue weighted by Crippen LogP contribution is 2.35. The number of alkyl halides is 3. The van der Waals surface area contributed by atoms with Gasteiger partial charge in [-0.05, 0) is 36.8 Å². The smallest absolute Gasteiger partial charge is 0.416 e. The summed E-state index contributed by atoms with van der Waals surface area (Å²) in [7, 11) is 1.48. The normalized spacial score (nSPS) is 11.1. The Morgan fingerprint density at radius 1 is 1.00 bits per heavy atom. The van der Waals surface area contributed by atoms with Gasteiger partial charge in [0.2, 0.25) is 5.91 Å². The molecule has 8 heteroatoms. The monoisotopic (exact) mass is 397 g/mol. The molecule has 28 heavy (non-hydrogen) atoms. The molecule has 0 saturated heterocycles. The third-order valence-electron chi connectivity index (χ3n) is 3.69. The molecule has 0 radical (unpaired) electrons. The van der Waals surface area contributed by atoms with E-state index in [9.17, 15) is 18.0 Å². The summed E-state index contributed by atoms with van der Waals surface area (Å²) in [6.07, 6.45) is -4.01. The average Bonchev–Trinajstić information content (AvgIpc) is 2.66. The first-order chi connectivity index (χ1) is 13.4. The molecule has 0 aliphatic rings. The molecule has 1 amide bonds. The number of benzene rings is 2. The lowest BCUT2D eigenvalue weighted by Gasteiger charge is -2.15. The number of para-hydroxylation sites is 1. The van der Waals surface area contributed by atoms with E-state index in [4.69, 9.17) is 14.2 Å². The Morgan fingerprint density at radius 3 is 2.43 bits per heavy atom. The number of amides is 1. The summed E-state index contributed by atoms with van der Waals surface area (Å²) in [5.74, 6) is 0.418. The largest absolute Gasteiger partial charge is 0.494 e. The molecule has 0 unspecified atom stereocenters. The molecular weight excluding hydrogens is 375 g/mol. The fourth-order valence-corrected chi connectivity index (χ4v) is 2.32. The molecule has 2 aromatic carbocycles. The van der Waals surface area contributed by atoms with Gasteiger partial charge in [0.1, 0.15) is 18.1 Å². The van der Waals surface area contributed by atoms with Crippen LogP contribution < -0.4 is 14.8 Å². The number of methoxy groups -OCH3 is 1. The van der Waals surface area contributed by atoms with Gasteiger partial charge < -0.3 is 19.5 Å². The lowest BCUT2D eigenvalue weighted by molar-refractivity contribution is -0.137. The van der Waals surface area contributed by atoms with Gasteiger partial charge in [-0.15, -0.1) is 0 Å². The van der Waals surface area contributed by atoms with Crippen LogP contribution in [0.25, 0.3) is 0 Å². The van der Waals surface area contributed by atoms with Crippen LogP contribution in [-0.2, 0) is 15.7 Å². The highest BCUT2D eigenvalue weighted by Gasteiger charge is 2.31. The summed E-state index contributed by atoms with van der Waals surface area (Å²) in [5.41, 5.74) is -0.894. The molecule has 0 fully saturated rings. The van der Waals surface area contributed by atoms with E-state index in [-0.39, 0.29) is 31.1 Å². The number of anilines is 1. The molecule has 152 valence electrons. The topological polar surface area (TPSA) is 56.8 Å². The van der Waals surface area contributed by atoms with Gasteiger partial charge in [-0.1, -0.05) is 18.2 Å². The first-order valence-electron chi connectivity index (χ1n) is 8.71. The minimum atomic E-state index is -4.52. The third kappa shape index (κ3) is 7.11. The summed E-state index contributed by atoms with van der Waals surface area (Å²) < 4.78 is 54.6. The second kappa shape index (κ2) is 10.6. The zero-order valence-corrected chi connectivity index (χ0v) is 15.4. The SMILES string of the molecule is COCCOc1ccc(C(F)(F)F)cc1NC(=O)CCCOc1ccccc1. The Hall–Kier alpha value is -2.74. The van der Waals surface area contributed by atoms with Crippen molar-refractivity contribution in [1.29, 1.82) is 0 Å². The molecule has 1 N–H and O–H groups in total. The predicted molar refractivity (Wildman–Crippen MR) is 98.6 cm³/mol. The first kappa shape index (κ1) is 21.6. The van der Waals surface area contributed by atoms with E-state index in [1.54, 1.807) is 12.1 Å². The second-order valence-corrected chi connectivity index (χ2v) is 5.86. The van der Waals surface area contributed by atoms with Crippen molar-refractivity contribution in [2.45, 2.75) is 19.0 Å². The van der Waals surface area contributed by atoms with Gasteiger partial charge in [0.15, 0.2) is 0 Å². The van der Waals surface area contributed by atoms with Crippen molar-refractivity contribution in [2.24, 2.45) is 0 Å². The molecule has 2 rings (SSSR count). The van der Waals surface area contributed by atoms with Gasteiger partial charge in [0.25, 0.3) is 0 Å². The number of carbonyl (C=O) groups is 1. The van der Waals surface area contributed by atoms with Crippen molar-refractivity contribution >= 4 is 11.6 Å². The fraction of sp³-hybridized carbons (Fsp3) is 0.350. The van der Waals surface area contributed by atoms with E-state index in [2.05, 4.69) is 5.32 Å². The van der Waals surface area contributed by atoms with Crippen LogP contribution in [0.3, 0.4) is 0 Å². The molecule has 0 aliphatic carbocycles. The Kier molecular flexibility index (Phi) is 8.13. The van der Waals surface area contributed by atoms with E-state index < -0.39 is 17.6 Å². The van der Waals surface area contributed by atoms with Crippen LogP contribution in [0.5, 0.6) is 11.5 Å². The van der Waals surface area contributed by atoms with Crippen molar-refractivity contribution in [1.82, 2.24) is 0 Å². The van der Waals surface area contributed by atoms with Crippen molar-refractivity contribution in [3.05, 3.63) is 54.1 Å². The van der Waals surface area contributed by atoms with Gasteiger partial charge in [-0.25, -0.2) is 0 Å². The van der Waals surface area contributed by atoms with Crippen LogP contribution in [-0.4, -0.2) is 32.8 Å². The van der Waals surface area contributed by atoms with Crippen LogP contribution in [0.2, 0.25) is 0 Å². The molecule has 0 saturated carbocycles. The quantitative estimate of drug-likeness (QED) is 0.599. The molecule has 0 spiro atoms. The van der Waals surface area contributed by atoms with Gasteiger partial charge in [0, 0.05) is 13.5 Å². The predicted octanol–water partition coefficient (Wildman–Crippen LogP) is 4.53. The maximum Gasteiger partial charge on any atom is 0.416 e. The molecule has 0 atom stereocenters. The lowest BCUT2D eigenvalue weighted by atomic mass is 10.1. The Bertz CT molecular complexity index is 751. The molecule has 0 aromatic heterocycles. The van der Waals surface area contributed by atoms with E-state index in [0.717, 1.165) is 12.1 Å². The minimum Gasteiger partial charge on any atom is -0.494 e. The number of hydrogen-bond acceptors (Lipinski definition) is 4. The molecule has 0 heterocycles. The van der Waals surface area contributed by atoms with E-state index in [1.807, 2.05) is 18.2 Å². The summed E-state index contributed by atoms with van der Waals surface area (Å²) in [6, 6.07) is 12.1. The van der Waals surface area contributed by atoms with Crippen molar-refractivity contribution < 1.29 is 32.2 Å². The molecular formula is C20H22F3NO4. The number of halogens is 3. The molecule has 5 nitrogen and oxygen atoms in total. The zero-order valence-electron chi connectivity index (χ0n) is 15.4. The highest BCUT2D eigenvalue weighted by atomic mass is 19.4. The van der Waals surface area contributed by atoms with E-state index in [1.165, 1.54) is 13.2 Å². The Balaban J connectivity index is 1.93. The van der Waals surface area contributed by atoms with Crippen LogP contribution in [0.15, 0.2) is 48.5 Å². The van der Waals surface area contributed by atoms with Crippen molar-refractivity contribution in [3.8, 4) is 11.5 Å². The Morgan fingerprint density at radius 2 is 1.75 bits per heavy atom. The van der Waals surface area contributed by atoms with Crippen molar-refractivity contribution in [3.63, 3.8) is 0 Å². The van der Waals surface area contributed by atoms with Crippen LogP contribution >= 0.6 is 0 Å². The van der Waals surface area contributed by atoms with Crippen LogP contribution in [0, 0.1) is 0 Å². The van der Waals surface area contributed by atoms with Crippen LogP contribution in [0.4, 0.5) is 18.9 Å². The maximum absolute atomic E-state index is 13.0. The van der Waals surface area contributed by atoms with Gasteiger partial charge in [-0.3, -0.25) is 4.79 Å². The molecule has 0 aliphatic heterocycles. The Labute approximate surface area is 161 Å². The first-order valence-corrected chi connectivity index (χ1v) is 8.71. The van der Waals surface area contributed by atoms with Gasteiger partial charge in [0.05, 0.1) is 24.5 Å². The van der Waals surface area contributed by atoms with Gasteiger partial charge in [-0.2, -0.15) is 13.2 Å². The van der Waals surface area contributed by atoms with Crippen LogP contribution in [0.1, 0.15) is 18.4 Å². The highest BCUT2D eigenvalue weighted by molar-refractivity contribution is 5.92. The average molecular weight is 397 g/mol. The zero-order chi connectivity index (χ0) is 20.4. The molecule has 2 aromatic rings. The summed E-state index contributed by atoms with van der Waals surface area (Å²) >= 11 is 0. The molecule has 0 bridgehead atoms. The summed E-state index contributed by atoms with van der Waals surface area (Å²) in [5, 5.41) is 2.49. The van der Waals surface area contributed by atoms with Crippen molar-refractivity contribution in [2.75, 3.05) is 32.2 Å². The van der Waals surface area contributed by atoms with Gasteiger partial charge >= 0.3 is 6.18 Å². The summed E-state index contributed by atoms with van der Waals surface area (Å²) in [6.45, 7) is 0.734. The van der Waals surface area contributed by atoms with E-state index in [0.29, 0.717) is 18.8 Å². The maximum atomic E-state index is 13.0. The third-order valence-corrected chi connectivity index (χ3v) is 3.69. The fourth-order valence-electron chi connectivity index (χ4n) is 2.32. The summed E-state index contributed by atoms with van der Waals surface area (Å²) in [4.78, 5) is 12.1. The number of hydrogen-bond donors (Lipinski definition) is 1. The lowest BCUT2D eigenvalue weighted by Crippen LogP contribution is -2.16. The number of rotatable bonds is 10. The second-order valence-electron chi connectivity index (χ2n) is 5.86. The minimum absolute atomic E-state index is 0.0279. The van der Waals surface area contributed by atoms with E-state index >= 15 is 0 Å².